The number of anilines is 1. The topological polar surface area (TPSA) is 15.3 Å². The van der Waals surface area contributed by atoms with Crippen LogP contribution in [-0.4, -0.2) is 27.2 Å². The maximum absolute atomic E-state index is 3.22. The van der Waals surface area contributed by atoms with Gasteiger partial charge in [0.15, 0.2) is 0 Å². The highest BCUT2D eigenvalue weighted by atomic mass is 15.1. The molecule has 1 aromatic rings. The summed E-state index contributed by atoms with van der Waals surface area (Å²) in [5.74, 6) is 0. The second kappa shape index (κ2) is 6.33. The summed E-state index contributed by atoms with van der Waals surface area (Å²) in [5, 5.41) is 3.22. The van der Waals surface area contributed by atoms with Crippen LogP contribution >= 0.6 is 0 Å². The van der Waals surface area contributed by atoms with Crippen molar-refractivity contribution >= 4 is 11.8 Å². The molecule has 0 radical (unpaired) electrons. The summed E-state index contributed by atoms with van der Waals surface area (Å²) in [7, 11) is 6.11. The third-order valence-corrected chi connectivity index (χ3v) is 2.68. The van der Waals surface area contributed by atoms with Gasteiger partial charge in [-0.2, -0.15) is 0 Å². The second-order valence-corrected chi connectivity index (χ2v) is 4.32. The lowest BCUT2D eigenvalue weighted by atomic mass is 10.1. The molecule has 0 amide bonds. The number of rotatable bonds is 5. The molecule has 88 valence electrons. The van der Waals surface area contributed by atoms with Gasteiger partial charge in [-0.15, -0.1) is 0 Å². The fourth-order valence-corrected chi connectivity index (χ4v) is 1.43. The Labute approximate surface area is 99.0 Å². The SMILES string of the molecule is CNC(C)CC=Cc1cccc(N(C)C)c1. The second-order valence-electron chi connectivity index (χ2n) is 4.32. The van der Waals surface area contributed by atoms with Gasteiger partial charge in [0, 0.05) is 25.8 Å². The van der Waals surface area contributed by atoms with Gasteiger partial charge in [-0.05, 0) is 38.1 Å². The average Bonchev–Trinajstić information content (AvgIpc) is 2.29. The zero-order valence-electron chi connectivity index (χ0n) is 10.7. The molecule has 0 aliphatic carbocycles. The quantitative estimate of drug-likeness (QED) is 0.817. The van der Waals surface area contributed by atoms with Crippen molar-refractivity contribution in [2.75, 3.05) is 26.0 Å². The van der Waals surface area contributed by atoms with Crippen LogP contribution in [0.5, 0.6) is 0 Å². The normalized spacial score (nSPS) is 13.0. The van der Waals surface area contributed by atoms with E-state index in [4.69, 9.17) is 0 Å². The van der Waals surface area contributed by atoms with Crippen LogP contribution in [0.2, 0.25) is 0 Å². The number of nitrogens with one attached hydrogen (secondary N) is 1. The minimum atomic E-state index is 0.535. The fourth-order valence-electron chi connectivity index (χ4n) is 1.43. The molecule has 0 saturated heterocycles. The Morgan fingerprint density at radius 3 is 2.75 bits per heavy atom. The molecule has 0 saturated carbocycles. The fraction of sp³-hybridized carbons (Fsp3) is 0.429. The molecule has 1 rings (SSSR count). The van der Waals surface area contributed by atoms with Crippen molar-refractivity contribution in [3.63, 3.8) is 0 Å². The maximum atomic E-state index is 3.22. The largest absolute Gasteiger partial charge is 0.378 e. The smallest absolute Gasteiger partial charge is 0.0367 e. The Kier molecular flexibility index (Phi) is 5.06. The van der Waals surface area contributed by atoms with Crippen molar-refractivity contribution in [3.05, 3.63) is 35.9 Å². The van der Waals surface area contributed by atoms with E-state index < -0.39 is 0 Å². The summed E-state index contributed by atoms with van der Waals surface area (Å²) in [6.45, 7) is 2.18. The number of hydrogen-bond donors (Lipinski definition) is 1. The highest BCUT2D eigenvalue weighted by Gasteiger charge is 1.95. The van der Waals surface area contributed by atoms with Crippen LogP contribution in [0, 0.1) is 0 Å². The molecule has 1 unspecified atom stereocenters. The molecule has 0 spiro atoms. The number of hydrogen-bond acceptors (Lipinski definition) is 2. The molecular weight excluding hydrogens is 196 g/mol. The van der Waals surface area contributed by atoms with Crippen LogP contribution in [0.3, 0.4) is 0 Å². The Morgan fingerprint density at radius 1 is 1.38 bits per heavy atom. The lowest BCUT2D eigenvalue weighted by Gasteiger charge is -2.12. The van der Waals surface area contributed by atoms with Gasteiger partial charge in [0.25, 0.3) is 0 Å². The van der Waals surface area contributed by atoms with Gasteiger partial charge < -0.3 is 10.2 Å². The highest BCUT2D eigenvalue weighted by Crippen LogP contribution is 2.14. The lowest BCUT2D eigenvalue weighted by Crippen LogP contribution is -2.19. The first-order chi connectivity index (χ1) is 7.63. The first-order valence-corrected chi connectivity index (χ1v) is 5.74. The van der Waals surface area contributed by atoms with Gasteiger partial charge in [-0.3, -0.25) is 0 Å². The van der Waals surface area contributed by atoms with Crippen molar-refractivity contribution < 1.29 is 0 Å². The molecule has 0 aromatic heterocycles. The molecule has 1 N–H and O–H groups in total. The maximum Gasteiger partial charge on any atom is 0.0367 e. The summed E-state index contributed by atoms with van der Waals surface area (Å²) < 4.78 is 0. The lowest BCUT2D eigenvalue weighted by molar-refractivity contribution is 0.621. The zero-order valence-corrected chi connectivity index (χ0v) is 10.7. The van der Waals surface area contributed by atoms with E-state index in [2.05, 4.69) is 67.7 Å². The molecule has 1 atom stereocenters. The molecule has 1 aromatic carbocycles. The Hall–Kier alpha value is -1.28. The van der Waals surface area contributed by atoms with Crippen LogP contribution in [0.15, 0.2) is 30.3 Å². The van der Waals surface area contributed by atoms with E-state index in [-0.39, 0.29) is 0 Å². The molecule has 0 aliphatic rings. The van der Waals surface area contributed by atoms with Crippen molar-refractivity contribution in [3.8, 4) is 0 Å². The third-order valence-electron chi connectivity index (χ3n) is 2.68. The van der Waals surface area contributed by atoms with Crippen molar-refractivity contribution in [1.82, 2.24) is 5.32 Å². The molecule has 0 aliphatic heterocycles. The van der Waals surface area contributed by atoms with E-state index in [1.54, 1.807) is 0 Å². The summed E-state index contributed by atoms with van der Waals surface area (Å²) in [6, 6.07) is 9.08. The van der Waals surface area contributed by atoms with E-state index in [0.717, 1.165) is 6.42 Å². The summed E-state index contributed by atoms with van der Waals surface area (Å²) >= 11 is 0. The summed E-state index contributed by atoms with van der Waals surface area (Å²) in [4.78, 5) is 2.12. The van der Waals surface area contributed by atoms with Crippen molar-refractivity contribution in [1.29, 1.82) is 0 Å². The number of benzene rings is 1. The summed E-state index contributed by atoms with van der Waals surface area (Å²) in [6.07, 6.45) is 5.46. The van der Waals surface area contributed by atoms with Crippen molar-refractivity contribution in [2.24, 2.45) is 0 Å². The van der Waals surface area contributed by atoms with Gasteiger partial charge in [0.2, 0.25) is 0 Å². The van der Waals surface area contributed by atoms with Crippen LogP contribution in [-0.2, 0) is 0 Å². The van der Waals surface area contributed by atoms with Gasteiger partial charge >= 0.3 is 0 Å². The Bertz CT molecular complexity index is 342. The Balaban J connectivity index is 2.63. The van der Waals surface area contributed by atoms with Crippen LogP contribution in [0.1, 0.15) is 18.9 Å². The van der Waals surface area contributed by atoms with E-state index in [1.807, 2.05) is 7.05 Å². The molecule has 2 heteroatoms. The molecule has 16 heavy (non-hydrogen) atoms. The molecule has 0 bridgehead atoms. The predicted molar refractivity (Wildman–Crippen MR) is 72.9 cm³/mol. The summed E-state index contributed by atoms with van der Waals surface area (Å²) in [5.41, 5.74) is 2.50. The monoisotopic (exact) mass is 218 g/mol. The first-order valence-electron chi connectivity index (χ1n) is 5.74. The first kappa shape index (κ1) is 12.8. The van der Waals surface area contributed by atoms with Gasteiger partial charge in [-0.25, -0.2) is 0 Å². The Morgan fingerprint density at radius 2 is 2.12 bits per heavy atom. The molecule has 2 nitrogen and oxygen atoms in total. The van der Waals surface area contributed by atoms with Gasteiger partial charge in [-0.1, -0.05) is 24.3 Å². The van der Waals surface area contributed by atoms with Gasteiger partial charge in [0.1, 0.15) is 0 Å². The van der Waals surface area contributed by atoms with Gasteiger partial charge in [0.05, 0.1) is 0 Å². The molecule has 0 fully saturated rings. The van der Waals surface area contributed by atoms with Crippen LogP contribution < -0.4 is 10.2 Å². The van der Waals surface area contributed by atoms with E-state index in [1.165, 1.54) is 11.3 Å². The highest BCUT2D eigenvalue weighted by molar-refractivity contribution is 5.57. The minimum absolute atomic E-state index is 0.535. The van der Waals surface area contributed by atoms with E-state index >= 15 is 0 Å². The standard InChI is InChI=1S/C14H22N2/c1-12(15-2)7-5-8-13-9-6-10-14(11-13)16(3)4/h5-6,8-12,15H,7H2,1-4H3. The third kappa shape index (κ3) is 4.07. The van der Waals surface area contributed by atoms with Crippen molar-refractivity contribution in [2.45, 2.75) is 19.4 Å². The molecule has 0 heterocycles. The zero-order chi connectivity index (χ0) is 12.0. The van der Waals surface area contributed by atoms with E-state index in [9.17, 15) is 0 Å². The number of nitrogens with zero attached hydrogens (tertiary/aromatic N) is 1. The average molecular weight is 218 g/mol. The van der Waals surface area contributed by atoms with Crippen LogP contribution in [0.4, 0.5) is 5.69 Å². The molecular formula is C14H22N2. The van der Waals surface area contributed by atoms with Crippen LogP contribution in [0.25, 0.3) is 6.08 Å². The minimum Gasteiger partial charge on any atom is -0.378 e. The predicted octanol–water partition coefficient (Wildman–Crippen LogP) is 2.76. The van der Waals surface area contributed by atoms with E-state index in [0.29, 0.717) is 6.04 Å².